The van der Waals surface area contributed by atoms with Gasteiger partial charge in [-0.05, 0) is 44.0 Å². The van der Waals surface area contributed by atoms with E-state index >= 15 is 0 Å². The zero-order valence-corrected chi connectivity index (χ0v) is 21.0. The average molecular weight is 515 g/mol. The molecule has 0 fully saturated rings. The molecule has 0 unspecified atom stereocenters. The number of benzene rings is 2. The second kappa shape index (κ2) is 10.9. The predicted molar refractivity (Wildman–Crippen MR) is 131 cm³/mol. The Morgan fingerprint density at radius 3 is 2.25 bits per heavy atom. The van der Waals surface area contributed by atoms with Crippen LogP contribution in [0, 0.1) is 12.8 Å². The van der Waals surface area contributed by atoms with Gasteiger partial charge in [-0.15, -0.1) is 10.2 Å². The molecule has 2 aromatic carbocycles. The molecular formula is C24H27BrN4O2S. The Morgan fingerprint density at radius 2 is 1.66 bits per heavy atom. The lowest BCUT2D eigenvalue weighted by Crippen LogP contribution is -2.33. The van der Waals surface area contributed by atoms with Crippen LogP contribution in [-0.4, -0.2) is 32.2 Å². The Morgan fingerprint density at radius 1 is 1.03 bits per heavy atom. The van der Waals surface area contributed by atoms with E-state index in [9.17, 15) is 9.59 Å². The van der Waals surface area contributed by atoms with Crippen LogP contribution in [0.1, 0.15) is 58.9 Å². The third kappa shape index (κ3) is 5.86. The van der Waals surface area contributed by atoms with Crippen molar-refractivity contribution in [2.24, 2.45) is 5.92 Å². The standard InChI is InChI=1S/C24H27BrN4O2S/c1-5-29-22(21(15(2)3)26-23(31)18-8-6-16(4)7-9-18)27-28-24(29)32-14-20(30)17-10-12-19(25)13-11-17/h6-13,15,21H,5,14H2,1-4H3,(H,26,31)/t21-/m0/s1. The molecule has 0 aliphatic heterocycles. The average Bonchev–Trinajstić information content (AvgIpc) is 3.18. The van der Waals surface area contributed by atoms with Crippen LogP contribution >= 0.6 is 27.7 Å². The van der Waals surface area contributed by atoms with Gasteiger partial charge in [-0.1, -0.05) is 71.4 Å². The maximum Gasteiger partial charge on any atom is 0.251 e. The number of aromatic nitrogens is 3. The van der Waals surface area contributed by atoms with Gasteiger partial charge in [0.25, 0.3) is 5.91 Å². The lowest BCUT2D eigenvalue weighted by Gasteiger charge is -2.22. The van der Waals surface area contributed by atoms with Crippen LogP contribution in [0.3, 0.4) is 0 Å². The molecule has 1 aromatic heterocycles. The second-order valence-electron chi connectivity index (χ2n) is 7.86. The molecule has 168 valence electrons. The Labute approximate surface area is 201 Å². The van der Waals surface area contributed by atoms with E-state index in [0.29, 0.717) is 28.7 Å². The number of carbonyl (C=O) groups excluding carboxylic acids is 2. The predicted octanol–water partition coefficient (Wildman–Crippen LogP) is 5.47. The van der Waals surface area contributed by atoms with Crippen LogP contribution in [0.25, 0.3) is 0 Å². The minimum Gasteiger partial charge on any atom is -0.342 e. The van der Waals surface area contributed by atoms with Crippen molar-refractivity contribution in [3.8, 4) is 0 Å². The Kier molecular flexibility index (Phi) is 8.26. The van der Waals surface area contributed by atoms with Gasteiger partial charge in [0.05, 0.1) is 11.8 Å². The zero-order chi connectivity index (χ0) is 23.3. The van der Waals surface area contributed by atoms with Crippen LogP contribution in [0.4, 0.5) is 0 Å². The first kappa shape index (κ1) is 24.2. The number of nitrogens with one attached hydrogen (secondary N) is 1. The number of amides is 1. The summed E-state index contributed by atoms with van der Waals surface area (Å²) in [4.78, 5) is 25.4. The highest BCUT2D eigenvalue weighted by atomic mass is 79.9. The third-order valence-electron chi connectivity index (χ3n) is 5.11. The molecule has 0 radical (unpaired) electrons. The minimum absolute atomic E-state index is 0.0304. The van der Waals surface area contributed by atoms with E-state index in [0.717, 1.165) is 10.0 Å². The fourth-order valence-electron chi connectivity index (χ4n) is 3.24. The summed E-state index contributed by atoms with van der Waals surface area (Å²) in [6.45, 7) is 8.72. The van der Waals surface area contributed by atoms with Gasteiger partial charge in [0.15, 0.2) is 16.8 Å². The van der Waals surface area contributed by atoms with Crippen LogP contribution in [0.15, 0.2) is 58.2 Å². The van der Waals surface area contributed by atoms with Crippen molar-refractivity contribution in [1.82, 2.24) is 20.1 Å². The Bertz CT molecular complexity index is 1080. The normalized spacial score (nSPS) is 12.1. The van der Waals surface area contributed by atoms with E-state index in [4.69, 9.17) is 0 Å². The Hall–Kier alpha value is -2.45. The molecule has 1 N–H and O–H groups in total. The van der Waals surface area contributed by atoms with E-state index in [-0.39, 0.29) is 29.4 Å². The Balaban J connectivity index is 1.75. The molecule has 8 heteroatoms. The van der Waals surface area contributed by atoms with E-state index in [1.165, 1.54) is 11.8 Å². The van der Waals surface area contributed by atoms with Gasteiger partial charge >= 0.3 is 0 Å². The molecule has 32 heavy (non-hydrogen) atoms. The minimum atomic E-state index is -0.298. The molecule has 1 heterocycles. The summed E-state index contributed by atoms with van der Waals surface area (Å²) >= 11 is 4.74. The molecule has 6 nitrogen and oxygen atoms in total. The summed E-state index contributed by atoms with van der Waals surface area (Å²) in [6, 6.07) is 14.5. The van der Waals surface area contributed by atoms with Gasteiger partial charge in [0, 0.05) is 22.1 Å². The molecule has 3 aromatic rings. The SMILES string of the molecule is CCn1c(SCC(=O)c2ccc(Br)cc2)nnc1[C@@H](NC(=O)c1ccc(C)cc1)C(C)C. The highest BCUT2D eigenvalue weighted by Gasteiger charge is 2.26. The lowest BCUT2D eigenvalue weighted by atomic mass is 10.0. The fourth-order valence-corrected chi connectivity index (χ4v) is 4.41. The fraction of sp³-hybridized carbons (Fsp3) is 0.333. The van der Waals surface area contributed by atoms with E-state index in [2.05, 4.69) is 31.4 Å². The number of Topliss-reactive ketones (excluding diaryl/α,β-unsaturated/α-hetero) is 1. The van der Waals surface area contributed by atoms with Crippen molar-refractivity contribution in [2.75, 3.05) is 5.75 Å². The van der Waals surface area contributed by atoms with Gasteiger partial charge in [0.2, 0.25) is 0 Å². The van der Waals surface area contributed by atoms with Gasteiger partial charge < -0.3 is 9.88 Å². The molecule has 0 saturated heterocycles. The summed E-state index contributed by atoms with van der Waals surface area (Å²) in [5, 5.41) is 12.5. The number of nitrogens with zero attached hydrogens (tertiary/aromatic N) is 3. The number of hydrogen-bond acceptors (Lipinski definition) is 5. The van der Waals surface area contributed by atoms with Crippen molar-refractivity contribution in [1.29, 1.82) is 0 Å². The molecule has 0 aliphatic rings. The number of aryl methyl sites for hydroxylation is 1. The highest BCUT2D eigenvalue weighted by Crippen LogP contribution is 2.26. The maximum absolute atomic E-state index is 12.8. The van der Waals surface area contributed by atoms with Crippen LogP contribution in [0.5, 0.6) is 0 Å². The largest absolute Gasteiger partial charge is 0.342 e. The van der Waals surface area contributed by atoms with Crippen LogP contribution in [-0.2, 0) is 6.54 Å². The lowest BCUT2D eigenvalue weighted by molar-refractivity contribution is 0.0921. The summed E-state index contributed by atoms with van der Waals surface area (Å²) in [6.07, 6.45) is 0. The maximum atomic E-state index is 12.8. The van der Waals surface area contributed by atoms with Gasteiger partial charge in [-0.3, -0.25) is 9.59 Å². The summed E-state index contributed by atoms with van der Waals surface area (Å²) in [5.41, 5.74) is 2.37. The van der Waals surface area contributed by atoms with E-state index < -0.39 is 0 Å². The number of ketones is 1. The molecule has 1 atom stereocenters. The number of rotatable bonds is 9. The first-order chi connectivity index (χ1) is 15.3. The van der Waals surface area contributed by atoms with Crippen molar-refractivity contribution >= 4 is 39.4 Å². The van der Waals surface area contributed by atoms with Gasteiger partial charge in [-0.25, -0.2) is 0 Å². The first-order valence-corrected chi connectivity index (χ1v) is 12.3. The third-order valence-corrected chi connectivity index (χ3v) is 6.60. The van der Waals surface area contributed by atoms with Crippen molar-refractivity contribution < 1.29 is 9.59 Å². The monoisotopic (exact) mass is 514 g/mol. The van der Waals surface area contributed by atoms with E-state index in [1.807, 2.05) is 68.7 Å². The summed E-state index contributed by atoms with van der Waals surface area (Å²) in [5.74, 6) is 0.960. The van der Waals surface area contributed by atoms with E-state index in [1.54, 1.807) is 12.1 Å². The second-order valence-corrected chi connectivity index (χ2v) is 9.72. The first-order valence-electron chi connectivity index (χ1n) is 10.5. The van der Waals surface area contributed by atoms with Gasteiger partial charge in [0.1, 0.15) is 0 Å². The molecule has 3 rings (SSSR count). The topological polar surface area (TPSA) is 76.9 Å². The highest BCUT2D eigenvalue weighted by molar-refractivity contribution is 9.10. The number of thioether (sulfide) groups is 1. The summed E-state index contributed by atoms with van der Waals surface area (Å²) in [7, 11) is 0. The zero-order valence-electron chi connectivity index (χ0n) is 18.6. The summed E-state index contributed by atoms with van der Waals surface area (Å²) < 4.78 is 2.91. The molecule has 1 amide bonds. The molecule has 0 spiro atoms. The smallest absolute Gasteiger partial charge is 0.251 e. The van der Waals surface area contributed by atoms with Crippen LogP contribution in [0.2, 0.25) is 0 Å². The number of halogens is 1. The molecule has 0 saturated carbocycles. The number of hydrogen-bond donors (Lipinski definition) is 1. The quantitative estimate of drug-likeness (QED) is 0.302. The molecule has 0 aliphatic carbocycles. The molecule has 0 bridgehead atoms. The van der Waals surface area contributed by atoms with Crippen molar-refractivity contribution in [2.45, 2.75) is 45.4 Å². The van der Waals surface area contributed by atoms with Crippen molar-refractivity contribution in [3.05, 3.63) is 75.5 Å². The van der Waals surface area contributed by atoms with Crippen LogP contribution < -0.4 is 5.32 Å². The number of carbonyl (C=O) groups is 2. The van der Waals surface area contributed by atoms with Gasteiger partial charge in [-0.2, -0.15) is 0 Å². The van der Waals surface area contributed by atoms with Crippen molar-refractivity contribution in [3.63, 3.8) is 0 Å². The molecular weight excluding hydrogens is 488 g/mol.